The standard InChI is InChI=1S/C20H21ClN4O3/c1-12-7-13(2)9-24(8-12)16(26)10-25-11-22-19-17(20(25)27)18(23-28-19)14-3-5-15(21)6-4-14/h3-6,11-13H,7-10H2,1-2H3. The van der Waals surface area contributed by atoms with Crippen LogP contribution in [0, 0.1) is 11.8 Å². The number of piperidine rings is 1. The SMILES string of the molecule is CC1CC(C)CN(C(=O)Cn2cnc3onc(-c4ccc(Cl)cc4)c3c2=O)C1. The molecule has 1 aromatic carbocycles. The van der Waals surface area contributed by atoms with Crippen molar-refractivity contribution in [3.05, 3.63) is 46.0 Å². The summed E-state index contributed by atoms with van der Waals surface area (Å²) in [6.45, 7) is 5.68. The first kappa shape index (κ1) is 18.7. The lowest BCUT2D eigenvalue weighted by molar-refractivity contribution is -0.134. The number of amides is 1. The zero-order valence-corrected chi connectivity index (χ0v) is 16.5. The molecule has 7 nitrogen and oxygen atoms in total. The molecule has 3 aromatic rings. The summed E-state index contributed by atoms with van der Waals surface area (Å²) in [6, 6.07) is 6.96. The monoisotopic (exact) mass is 400 g/mol. The van der Waals surface area contributed by atoms with Gasteiger partial charge in [0.05, 0.1) is 0 Å². The van der Waals surface area contributed by atoms with Crippen LogP contribution in [0.4, 0.5) is 0 Å². The van der Waals surface area contributed by atoms with Gasteiger partial charge in [-0.25, -0.2) is 4.98 Å². The number of halogens is 1. The molecule has 1 amide bonds. The molecule has 4 rings (SSSR count). The lowest BCUT2D eigenvalue weighted by Crippen LogP contribution is -2.44. The first-order valence-electron chi connectivity index (χ1n) is 9.31. The summed E-state index contributed by atoms with van der Waals surface area (Å²) in [5.41, 5.74) is 0.900. The summed E-state index contributed by atoms with van der Waals surface area (Å²) in [4.78, 5) is 31.8. The second-order valence-corrected chi connectivity index (χ2v) is 8.08. The minimum atomic E-state index is -0.345. The van der Waals surface area contributed by atoms with Gasteiger partial charge in [0.1, 0.15) is 24.0 Å². The highest BCUT2D eigenvalue weighted by Crippen LogP contribution is 2.25. The Bertz CT molecular complexity index is 1060. The van der Waals surface area contributed by atoms with Gasteiger partial charge >= 0.3 is 0 Å². The summed E-state index contributed by atoms with van der Waals surface area (Å²) in [5.74, 6) is 0.838. The van der Waals surface area contributed by atoms with E-state index in [4.69, 9.17) is 16.1 Å². The topological polar surface area (TPSA) is 81.2 Å². The van der Waals surface area contributed by atoms with Crippen molar-refractivity contribution >= 4 is 28.6 Å². The van der Waals surface area contributed by atoms with Gasteiger partial charge < -0.3 is 9.42 Å². The highest BCUT2D eigenvalue weighted by Gasteiger charge is 2.26. The molecule has 1 fully saturated rings. The zero-order valence-electron chi connectivity index (χ0n) is 15.8. The van der Waals surface area contributed by atoms with Crippen LogP contribution >= 0.6 is 11.6 Å². The van der Waals surface area contributed by atoms with Crippen molar-refractivity contribution in [2.75, 3.05) is 13.1 Å². The molecule has 28 heavy (non-hydrogen) atoms. The van der Waals surface area contributed by atoms with E-state index in [1.54, 1.807) is 24.3 Å². The van der Waals surface area contributed by atoms with E-state index in [1.807, 2.05) is 4.90 Å². The molecule has 8 heteroatoms. The fraction of sp³-hybridized carbons (Fsp3) is 0.400. The molecule has 2 aromatic heterocycles. The van der Waals surface area contributed by atoms with Gasteiger partial charge in [-0.1, -0.05) is 42.7 Å². The molecule has 0 radical (unpaired) electrons. The highest BCUT2D eigenvalue weighted by atomic mass is 35.5. The molecular formula is C20H21ClN4O3. The van der Waals surface area contributed by atoms with E-state index in [9.17, 15) is 9.59 Å². The van der Waals surface area contributed by atoms with Crippen molar-refractivity contribution in [1.82, 2.24) is 19.6 Å². The third-order valence-electron chi connectivity index (χ3n) is 5.11. The molecule has 0 bridgehead atoms. The molecule has 3 heterocycles. The molecule has 1 aliphatic heterocycles. The maximum Gasteiger partial charge on any atom is 0.267 e. The van der Waals surface area contributed by atoms with Crippen molar-refractivity contribution in [2.24, 2.45) is 11.8 Å². The Hall–Kier alpha value is -2.67. The number of carbonyl (C=O) groups excluding carboxylic acids is 1. The van der Waals surface area contributed by atoms with Gasteiger partial charge in [0.2, 0.25) is 5.91 Å². The van der Waals surface area contributed by atoms with E-state index < -0.39 is 0 Å². The van der Waals surface area contributed by atoms with Crippen LogP contribution in [-0.2, 0) is 11.3 Å². The number of carbonyl (C=O) groups is 1. The van der Waals surface area contributed by atoms with Crippen LogP contribution < -0.4 is 5.56 Å². The Kier molecular flexibility index (Phi) is 4.93. The number of aromatic nitrogens is 3. The predicted molar refractivity (Wildman–Crippen MR) is 106 cm³/mol. The Labute approximate surface area is 166 Å². The van der Waals surface area contributed by atoms with E-state index in [0.29, 0.717) is 28.1 Å². The van der Waals surface area contributed by atoms with Crippen LogP contribution in [0.3, 0.4) is 0 Å². The molecule has 1 aliphatic rings. The van der Waals surface area contributed by atoms with E-state index >= 15 is 0 Å². The van der Waals surface area contributed by atoms with Gasteiger partial charge in [-0.2, -0.15) is 0 Å². The molecule has 0 aliphatic carbocycles. The maximum absolute atomic E-state index is 13.0. The van der Waals surface area contributed by atoms with Gasteiger partial charge in [-0.15, -0.1) is 0 Å². The second-order valence-electron chi connectivity index (χ2n) is 7.64. The lowest BCUT2D eigenvalue weighted by atomic mass is 9.92. The largest absolute Gasteiger partial charge is 0.341 e. The molecule has 0 N–H and O–H groups in total. The van der Waals surface area contributed by atoms with Crippen LogP contribution in [0.25, 0.3) is 22.4 Å². The van der Waals surface area contributed by atoms with Gasteiger partial charge in [-0.3, -0.25) is 14.2 Å². The number of benzene rings is 1. The predicted octanol–water partition coefficient (Wildman–Crippen LogP) is 3.21. The van der Waals surface area contributed by atoms with E-state index in [2.05, 4.69) is 24.0 Å². The van der Waals surface area contributed by atoms with Gasteiger partial charge in [0, 0.05) is 23.7 Å². The summed E-state index contributed by atoms with van der Waals surface area (Å²) < 4.78 is 6.54. The van der Waals surface area contributed by atoms with Gasteiger partial charge in [0.25, 0.3) is 11.3 Å². The first-order chi connectivity index (χ1) is 13.4. The summed E-state index contributed by atoms with van der Waals surface area (Å²) in [7, 11) is 0. The molecule has 1 saturated heterocycles. The Morgan fingerprint density at radius 1 is 1.21 bits per heavy atom. The van der Waals surface area contributed by atoms with Crippen LogP contribution in [-0.4, -0.2) is 38.6 Å². The highest BCUT2D eigenvalue weighted by molar-refractivity contribution is 6.30. The van der Waals surface area contributed by atoms with E-state index in [0.717, 1.165) is 19.5 Å². The number of fused-ring (bicyclic) bond motifs is 1. The molecule has 0 saturated carbocycles. The first-order valence-corrected chi connectivity index (χ1v) is 9.68. The average molecular weight is 401 g/mol. The van der Waals surface area contributed by atoms with Crippen molar-refractivity contribution in [1.29, 1.82) is 0 Å². The Balaban J connectivity index is 1.66. The molecular weight excluding hydrogens is 380 g/mol. The second kappa shape index (κ2) is 7.39. The molecule has 2 unspecified atom stereocenters. The number of hydrogen-bond donors (Lipinski definition) is 0. The number of hydrogen-bond acceptors (Lipinski definition) is 5. The van der Waals surface area contributed by atoms with Crippen LogP contribution in [0.1, 0.15) is 20.3 Å². The number of rotatable bonds is 3. The quantitative estimate of drug-likeness (QED) is 0.674. The third-order valence-corrected chi connectivity index (χ3v) is 5.36. The van der Waals surface area contributed by atoms with Crippen molar-refractivity contribution in [3.63, 3.8) is 0 Å². The maximum atomic E-state index is 13.0. The minimum Gasteiger partial charge on any atom is -0.341 e. The van der Waals surface area contributed by atoms with Crippen molar-refractivity contribution < 1.29 is 9.32 Å². The third kappa shape index (κ3) is 3.54. The fourth-order valence-electron chi connectivity index (χ4n) is 3.91. The van der Waals surface area contributed by atoms with Gasteiger partial charge in [-0.05, 0) is 30.4 Å². The van der Waals surface area contributed by atoms with Gasteiger partial charge in [0.15, 0.2) is 0 Å². The lowest BCUT2D eigenvalue weighted by Gasteiger charge is -2.35. The number of nitrogens with zero attached hydrogens (tertiary/aromatic N) is 4. The van der Waals surface area contributed by atoms with Crippen LogP contribution in [0.5, 0.6) is 0 Å². The van der Waals surface area contributed by atoms with Crippen molar-refractivity contribution in [3.8, 4) is 11.3 Å². The van der Waals surface area contributed by atoms with Crippen molar-refractivity contribution in [2.45, 2.75) is 26.8 Å². The van der Waals surface area contributed by atoms with E-state index in [1.165, 1.54) is 10.9 Å². The zero-order chi connectivity index (χ0) is 19.8. The Morgan fingerprint density at radius 3 is 2.57 bits per heavy atom. The molecule has 146 valence electrons. The molecule has 2 atom stereocenters. The summed E-state index contributed by atoms with van der Waals surface area (Å²) >= 11 is 5.94. The van der Waals surface area contributed by atoms with Crippen LogP contribution in [0.2, 0.25) is 5.02 Å². The smallest absolute Gasteiger partial charge is 0.267 e. The Morgan fingerprint density at radius 2 is 1.89 bits per heavy atom. The fourth-order valence-corrected chi connectivity index (χ4v) is 4.04. The normalized spacial score (nSPS) is 19.9. The minimum absolute atomic E-state index is 0.0492. The summed E-state index contributed by atoms with van der Waals surface area (Å²) in [6.07, 6.45) is 2.46. The van der Waals surface area contributed by atoms with Crippen LogP contribution in [0.15, 0.2) is 39.9 Å². The summed E-state index contributed by atoms with van der Waals surface area (Å²) in [5, 5.41) is 4.84. The average Bonchev–Trinajstić information content (AvgIpc) is 3.08. The number of likely N-dealkylation sites (tertiary alicyclic amines) is 1. The van der Waals surface area contributed by atoms with E-state index in [-0.39, 0.29) is 29.1 Å². The molecule has 0 spiro atoms.